The highest BCUT2D eigenvalue weighted by atomic mass is 79.9. The molecular formula is C24H18Br2N4O2. The molecule has 8 heteroatoms. The lowest BCUT2D eigenvalue weighted by Gasteiger charge is -2.14. The van der Waals surface area contributed by atoms with Crippen molar-refractivity contribution in [1.29, 1.82) is 0 Å². The van der Waals surface area contributed by atoms with Crippen LogP contribution in [-0.2, 0) is 0 Å². The average Bonchev–Trinajstić information content (AvgIpc) is 2.77. The molecule has 4 aromatic rings. The lowest BCUT2D eigenvalue weighted by atomic mass is 10.1. The molecule has 0 heterocycles. The highest BCUT2D eigenvalue weighted by Gasteiger charge is 2.10. The Morgan fingerprint density at radius 2 is 0.875 bits per heavy atom. The van der Waals surface area contributed by atoms with E-state index in [1.54, 1.807) is 24.3 Å². The molecule has 4 aromatic carbocycles. The highest BCUT2D eigenvalue weighted by molar-refractivity contribution is 9.10. The molecule has 0 spiro atoms. The number of carbonyl (C=O) groups excluding carboxylic acids is 2. The number of carbonyl (C=O) groups is 2. The van der Waals surface area contributed by atoms with Crippen molar-refractivity contribution < 1.29 is 9.59 Å². The van der Waals surface area contributed by atoms with Crippen molar-refractivity contribution in [2.75, 3.05) is 21.3 Å². The highest BCUT2D eigenvalue weighted by Crippen LogP contribution is 2.29. The first kappa shape index (κ1) is 21.9. The summed E-state index contributed by atoms with van der Waals surface area (Å²) in [4.78, 5) is 25.0. The van der Waals surface area contributed by atoms with Gasteiger partial charge in [0.15, 0.2) is 0 Å². The van der Waals surface area contributed by atoms with E-state index in [1.165, 1.54) is 0 Å². The molecule has 4 rings (SSSR count). The summed E-state index contributed by atoms with van der Waals surface area (Å²) in [5.74, 6) is 0. The van der Waals surface area contributed by atoms with E-state index in [-0.39, 0.29) is 12.1 Å². The summed E-state index contributed by atoms with van der Waals surface area (Å²) < 4.78 is 1.86. The van der Waals surface area contributed by atoms with Gasteiger partial charge in [-0.3, -0.25) is 0 Å². The standard InChI is InChI=1S/C24H18Br2N4O2/c25-15-7-11-17(12-8-15)27-23(31)29-21-5-1-3-19-20(21)4-2-6-22(19)30-24(32)28-18-13-9-16(26)10-14-18/h1-14H,(H2,27,29,31)(H2,28,30,32). The van der Waals surface area contributed by atoms with Crippen molar-refractivity contribution in [2.24, 2.45) is 0 Å². The molecule has 0 radical (unpaired) electrons. The van der Waals surface area contributed by atoms with E-state index >= 15 is 0 Å². The third-order valence-electron chi connectivity index (χ3n) is 4.62. The van der Waals surface area contributed by atoms with Crippen LogP contribution in [0.15, 0.2) is 93.9 Å². The zero-order valence-electron chi connectivity index (χ0n) is 16.7. The zero-order valence-corrected chi connectivity index (χ0v) is 19.8. The van der Waals surface area contributed by atoms with Gasteiger partial charge < -0.3 is 21.3 Å². The summed E-state index contributed by atoms with van der Waals surface area (Å²) in [7, 11) is 0. The van der Waals surface area contributed by atoms with E-state index in [4.69, 9.17) is 0 Å². The van der Waals surface area contributed by atoms with Crippen LogP contribution in [0.5, 0.6) is 0 Å². The van der Waals surface area contributed by atoms with Crippen LogP contribution in [0.2, 0.25) is 0 Å². The molecule has 6 nitrogen and oxygen atoms in total. The van der Waals surface area contributed by atoms with Crippen LogP contribution in [0, 0.1) is 0 Å². The van der Waals surface area contributed by atoms with Gasteiger partial charge in [0.05, 0.1) is 11.4 Å². The largest absolute Gasteiger partial charge is 0.323 e. The molecule has 0 saturated heterocycles. The number of benzene rings is 4. The van der Waals surface area contributed by atoms with Crippen LogP contribution >= 0.6 is 31.9 Å². The summed E-state index contributed by atoms with van der Waals surface area (Å²) in [6.45, 7) is 0. The van der Waals surface area contributed by atoms with Gasteiger partial charge in [0, 0.05) is 31.1 Å². The Hall–Kier alpha value is -3.36. The Morgan fingerprint density at radius 1 is 0.500 bits per heavy atom. The third-order valence-corrected chi connectivity index (χ3v) is 5.68. The topological polar surface area (TPSA) is 82.3 Å². The van der Waals surface area contributed by atoms with Gasteiger partial charge in [-0.25, -0.2) is 9.59 Å². The third kappa shape index (κ3) is 5.46. The fraction of sp³-hybridized carbons (Fsp3) is 0. The number of amides is 4. The number of anilines is 4. The second kappa shape index (κ2) is 9.84. The van der Waals surface area contributed by atoms with Gasteiger partial charge in [0.2, 0.25) is 0 Å². The molecule has 0 aliphatic carbocycles. The van der Waals surface area contributed by atoms with E-state index in [9.17, 15) is 9.59 Å². The van der Waals surface area contributed by atoms with Crippen LogP contribution in [0.1, 0.15) is 0 Å². The molecule has 4 N–H and O–H groups in total. The minimum Gasteiger partial charge on any atom is -0.308 e. The first-order valence-electron chi connectivity index (χ1n) is 9.67. The van der Waals surface area contributed by atoms with Crippen molar-refractivity contribution in [2.45, 2.75) is 0 Å². The molecule has 0 atom stereocenters. The maximum atomic E-state index is 12.5. The second-order valence-corrected chi connectivity index (χ2v) is 8.71. The van der Waals surface area contributed by atoms with Gasteiger partial charge in [-0.15, -0.1) is 0 Å². The lowest BCUT2D eigenvalue weighted by Crippen LogP contribution is -2.20. The van der Waals surface area contributed by atoms with Gasteiger partial charge in [0.1, 0.15) is 0 Å². The molecule has 0 unspecified atom stereocenters. The number of rotatable bonds is 4. The van der Waals surface area contributed by atoms with Crippen molar-refractivity contribution in [1.82, 2.24) is 0 Å². The van der Waals surface area contributed by atoms with Gasteiger partial charge in [-0.05, 0) is 60.7 Å². The van der Waals surface area contributed by atoms with Crippen LogP contribution < -0.4 is 21.3 Å². The predicted octanol–water partition coefficient (Wildman–Crippen LogP) is 7.65. The van der Waals surface area contributed by atoms with Crippen molar-refractivity contribution in [3.05, 3.63) is 93.9 Å². The predicted molar refractivity (Wildman–Crippen MR) is 138 cm³/mol. The van der Waals surface area contributed by atoms with Crippen LogP contribution in [0.25, 0.3) is 10.8 Å². The first-order valence-corrected chi connectivity index (χ1v) is 11.3. The fourth-order valence-electron chi connectivity index (χ4n) is 3.16. The van der Waals surface area contributed by atoms with Crippen LogP contribution in [0.3, 0.4) is 0 Å². The summed E-state index contributed by atoms with van der Waals surface area (Å²) in [5.41, 5.74) is 2.62. The van der Waals surface area contributed by atoms with Gasteiger partial charge in [-0.1, -0.05) is 56.1 Å². The van der Waals surface area contributed by atoms with Crippen molar-refractivity contribution >= 4 is 77.4 Å². The number of hydrogen-bond donors (Lipinski definition) is 4. The minimum absolute atomic E-state index is 0.355. The SMILES string of the molecule is O=C(Nc1ccc(Br)cc1)Nc1cccc2c(NC(=O)Nc3ccc(Br)cc3)cccc12. The Labute approximate surface area is 201 Å². The lowest BCUT2D eigenvalue weighted by molar-refractivity contribution is 0.261. The number of fused-ring (bicyclic) bond motifs is 1. The molecule has 0 saturated carbocycles. The van der Waals surface area contributed by atoms with Gasteiger partial charge in [0.25, 0.3) is 0 Å². The Morgan fingerprint density at radius 3 is 1.25 bits per heavy atom. The Balaban J connectivity index is 1.50. The number of nitrogens with one attached hydrogen (secondary N) is 4. The Kier molecular flexibility index (Phi) is 6.72. The summed E-state index contributed by atoms with van der Waals surface area (Å²) in [6.07, 6.45) is 0. The van der Waals surface area contributed by atoms with Gasteiger partial charge >= 0.3 is 12.1 Å². The summed E-state index contributed by atoms with van der Waals surface area (Å²) in [6, 6.07) is 25.0. The minimum atomic E-state index is -0.355. The quantitative estimate of drug-likeness (QED) is 0.209. The average molecular weight is 554 g/mol. The summed E-state index contributed by atoms with van der Waals surface area (Å²) >= 11 is 6.75. The van der Waals surface area contributed by atoms with E-state index in [1.807, 2.05) is 60.7 Å². The smallest absolute Gasteiger partial charge is 0.308 e. The van der Waals surface area contributed by atoms with E-state index < -0.39 is 0 Å². The first-order chi connectivity index (χ1) is 15.5. The molecule has 0 aliphatic heterocycles. The monoisotopic (exact) mass is 552 g/mol. The van der Waals surface area contributed by atoms with Crippen molar-refractivity contribution in [3.8, 4) is 0 Å². The van der Waals surface area contributed by atoms with Gasteiger partial charge in [-0.2, -0.15) is 0 Å². The van der Waals surface area contributed by atoms with E-state index in [2.05, 4.69) is 53.1 Å². The zero-order chi connectivity index (χ0) is 22.5. The second-order valence-electron chi connectivity index (χ2n) is 6.88. The molecule has 32 heavy (non-hydrogen) atoms. The number of urea groups is 2. The molecular weight excluding hydrogens is 536 g/mol. The van der Waals surface area contributed by atoms with E-state index in [0.29, 0.717) is 22.7 Å². The molecule has 4 amide bonds. The maximum absolute atomic E-state index is 12.5. The normalized spacial score (nSPS) is 10.4. The van der Waals surface area contributed by atoms with Crippen LogP contribution in [0.4, 0.5) is 32.3 Å². The molecule has 0 bridgehead atoms. The molecule has 0 aliphatic rings. The Bertz CT molecular complexity index is 1170. The number of hydrogen-bond acceptors (Lipinski definition) is 2. The summed E-state index contributed by atoms with van der Waals surface area (Å²) in [5, 5.41) is 13.0. The maximum Gasteiger partial charge on any atom is 0.323 e. The van der Waals surface area contributed by atoms with E-state index in [0.717, 1.165) is 19.7 Å². The molecule has 160 valence electrons. The molecule has 0 aromatic heterocycles. The number of halogens is 2. The fourth-order valence-corrected chi connectivity index (χ4v) is 3.69. The molecule has 0 fully saturated rings. The van der Waals surface area contributed by atoms with Crippen molar-refractivity contribution in [3.63, 3.8) is 0 Å². The van der Waals surface area contributed by atoms with Crippen LogP contribution in [-0.4, -0.2) is 12.1 Å².